The second-order valence-electron chi connectivity index (χ2n) is 4.57. The molecular formula is C15H12F3NO3. The van der Waals surface area contributed by atoms with Gasteiger partial charge in [0.05, 0.1) is 0 Å². The zero-order chi connectivity index (χ0) is 16.3. The maximum Gasteiger partial charge on any atom is 0.406 e. The highest BCUT2D eigenvalue weighted by Gasteiger charge is 2.33. The Balaban J connectivity index is 2.43. The molecule has 0 aliphatic rings. The lowest BCUT2D eigenvalue weighted by molar-refractivity contribution is -0.139. The quantitative estimate of drug-likeness (QED) is 0.644. The van der Waals surface area contributed by atoms with Gasteiger partial charge in [0, 0.05) is 11.9 Å². The molecule has 0 saturated heterocycles. The lowest BCUT2D eigenvalue weighted by Gasteiger charge is -2.22. The average Bonchev–Trinajstić information content (AvgIpc) is 2.44. The van der Waals surface area contributed by atoms with Crippen molar-refractivity contribution in [3.05, 3.63) is 59.0 Å². The van der Waals surface area contributed by atoms with Crippen molar-refractivity contribution in [2.45, 2.75) is 6.18 Å². The molecule has 7 heteroatoms. The Kier molecular flexibility index (Phi) is 4.35. The van der Waals surface area contributed by atoms with Crippen LogP contribution in [-0.2, 0) is 0 Å². The van der Waals surface area contributed by atoms with E-state index in [4.69, 9.17) is 4.42 Å². The first-order chi connectivity index (χ1) is 10.3. The minimum atomic E-state index is -4.57. The van der Waals surface area contributed by atoms with Gasteiger partial charge in [-0.05, 0) is 12.1 Å². The van der Waals surface area contributed by atoms with Crippen LogP contribution in [0.15, 0.2) is 52.2 Å². The van der Waals surface area contributed by atoms with Gasteiger partial charge in [-0.25, -0.2) is 4.79 Å². The molecule has 0 atom stereocenters. The van der Waals surface area contributed by atoms with Crippen LogP contribution in [0.2, 0.25) is 0 Å². The number of alkyl halides is 3. The molecule has 1 aromatic carbocycles. The van der Waals surface area contributed by atoms with E-state index in [1.807, 2.05) is 0 Å². The summed E-state index contributed by atoms with van der Waals surface area (Å²) < 4.78 is 42.5. The predicted molar refractivity (Wildman–Crippen MR) is 74.6 cm³/mol. The minimum Gasteiger partial charge on any atom is -0.422 e. The van der Waals surface area contributed by atoms with Crippen molar-refractivity contribution in [2.75, 3.05) is 13.1 Å². The van der Waals surface area contributed by atoms with Gasteiger partial charge in [0.2, 0.25) is 0 Å². The fraction of sp³-hybridized carbons (Fsp3) is 0.200. The summed E-state index contributed by atoms with van der Waals surface area (Å²) in [7, 11) is 0. The summed E-state index contributed by atoms with van der Waals surface area (Å²) in [6.45, 7) is 1.52. The second-order valence-corrected chi connectivity index (χ2v) is 4.57. The third-order valence-electron chi connectivity index (χ3n) is 2.88. The molecule has 0 fully saturated rings. The first kappa shape index (κ1) is 15.8. The number of para-hydroxylation sites is 1. The average molecular weight is 311 g/mol. The van der Waals surface area contributed by atoms with Crippen LogP contribution < -0.4 is 5.63 Å². The lowest BCUT2D eigenvalue weighted by atomic mass is 10.1. The van der Waals surface area contributed by atoms with Crippen molar-refractivity contribution in [1.82, 2.24) is 4.90 Å². The largest absolute Gasteiger partial charge is 0.422 e. The molecule has 22 heavy (non-hydrogen) atoms. The second kappa shape index (κ2) is 6.05. The number of hydrogen-bond acceptors (Lipinski definition) is 3. The van der Waals surface area contributed by atoms with Gasteiger partial charge in [0.25, 0.3) is 5.91 Å². The van der Waals surface area contributed by atoms with Gasteiger partial charge >= 0.3 is 11.8 Å². The summed E-state index contributed by atoms with van der Waals surface area (Å²) in [4.78, 5) is 24.5. The van der Waals surface area contributed by atoms with Gasteiger partial charge in [-0.1, -0.05) is 24.3 Å². The molecule has 0 aliphatic carbocycles. The summed E-state index contributed by atoms with van der Waals surface area (Å²) in [5, 5.41) is 0.455. The molecule has 4 nitrogen and oxygen atoms in total. The Morgan fingerprint density at radius 1 is 1.32 bits per heavy atom. The molecule has 0 radical (unpaired) electrons. The van der Waals surface area contributed by atoms with Crippen LogP contribution in [0.25, 0.3) is 11.0 Å². The Labute approximate surface area is 123 Å². The van der Waals surface area contributed by atoms with E-state index in [2.05, 4.69) is 6.58 Å². The van der Waals surface area contributed by atoms with Crippen LogP contribution in [0.4, 0.5) is 13.2 Å². The number of halogens is 3. The molecule has 2 aromatic rings. The number of carbonyl (C=O) groups is 1. The van der Waals surface area contributed by atoms with E-state index >= 15 is 0 Å². The van der Waals surface area contributed by atoms with Crippen LogP contribution in [0.3, 0.4) is 0 Å². The summed E-state index contributed by atoms with van der Waals surface area (Å²) in [5.74, 6) is -1.04. The van der Waals surface area contributed by atoms with Crippen molar-refractivity contribution in [1.29, 1.82) is 0 Å². The van der Waals surface area contributed by atoms with E-state index in [9.17, 15) is 22.8 Å². The minimum absolute atomic E-state index is 0.259. The third kappa shape index (κ3) is 3.55. The Bertz CT molecular complexity index is 764. The summed E-state index contributed by atoms with van der Waals surface area (Å²) in [6.07, 6.45) is -3.41. The molecule has 0 bridgehead atoms. The van der Waals surface area contributed by atoms with Crippen molar-refractivity contribution < 1.29 is 22.4 Å². The predicted octanol–water partition coefficient (Wildman–Crippen LogP) is 2.98. The van der Waals surface area contributed by atoms with Crippen molar-refractivity contribution >= 4 is 16.9 Å². The molecule has 0 spiro atoms. The topological polar surface area (TPSA) is 50.5 Å². The van der Waals surface area contributed by atoms with E-state index in [0.29, 0.717) is 10.3 Å². The smallest absolute Gasteiger partial charge is 0.406 e. The Morgan fingerprint density at radius 2 is 2.00 bits per heavy atom. The maximum atomic E-state index is 12.5. The summed E-state index contributed by atoms with van der Waals surface area (Å²) in [5.41, 5.74) is -1.15. The molecule has 0 N–H and O–H groups in total. The monoisotopic (exact) mass is 311 g/mol. The summed E-state index contributed by atoms with van der Waals surface area (Å²) in [6, 6.07) is 7.66. The summed E-state index contributed by atoms with van der Waals surface area (Å²) >= 11 is 0. The van der Waals surface area contributed by atoms with Gasteiger partial charge < -0.3 is 9.32 Å². The Morgan fingerprint density at radius 3 is 2.64 bits per heavy atom. The van der Waals surface area contributed by atoms with Crippen molar-refractivity contribution in [3.8, 4) is 0 Å². The molecule has 0 unspecified atom stereocenters. The SMILES string of the molecule is C=CCN(CC(F)(F)F)C(=O)c1cc2ccccc2oc1=O. The van der Waals surface area contributed by atoms with Gasteiger partial charge in [-0.3, -0.25) is 4.79 Å². The number of nitrogens with zero attached hydrogens (tertiary/aromatic N) is 1. The van der Waals surface area contributed by atoms with Gasteiger partial charge in [0.15, 0.2) is 0 Å². The highest BCUT2D eigenvalue weighted by atomic mass is 19.4. The third-order valence-corrected chi connectivity index (χ3v) is 2.88. The Hall–Kier alpha value is -2.57. The normalized spacial score (nSPS) is 11.4. The number of hydrogen-bond donors (Lipinski definition) is 0. The zero-order valence-electron chi connectivity index (χ0n) is 11.4. The van der Waals surface area contributed by atoms with Crippen molar-refractivity contribution in [3.63, 3.8) is 0 Å². The van der Waals surface area contributed by atoms with Gasteiger partial charge in [0.1, 0.15) is 17.7 Å². The molecule has 2 rings (SSSR count). The van der Waals surface area contributed by atoms with E-state index < -0.39 is 29.8 Å². The van der Waals surface area contributed by atoms with Crippen molar-refractivity contribution in [2.24, 2.45) is 0 Å². The molecule has 0 aliphatic heterocycles. The van der Waals surface area contributed by atoms with Crippen LogP contribution in [-0.4, -0.2) is 30.1 Å². The molecule has 1 aromatic heterocycles. The lowest BCUT2D eigenvalue weighted by Crippen LogP contribution is -2.40. The number of fused-ring (bicyclic) bond motifs is 1. The molecular weight excluding hydrogens is 299 g/mol. The molecule has 1 amide bonds. The fourth-order valence-corrected chi connectivity index (χ4v) is 1.97. The number of carbonyl (C=O) groups excluding carboxylic acids is 1. The first-order valence-electron chi connectivity index (χ1n) is 6.31. The van der Waals surface area contributed by atoms with E-state index in [1.165, 1.54) is 12.1 Å². The highest BCUT2D eigenvalue weighted by Crippen LogP contribution is 2.19. The number of benzene rings is 1. The van der Waals surface area contributed by atoms with E-state index in [-0.39, 0.29) is 12.1 Å². The van der Waals surface area contributed by atoms with Crippen LogP contribution in [0.5, 0.6) is 0 Å². The molecule has 0 saturated carbocycles. The molecule has 116 valence electrons. The standard InChI is InChI=1S/C15H12F3NO3/c1-2-7-19(9-15(16,17)18)13(20)11-8-10-5-3-4-6-12(10)22-14(11)21/h2-6,8H,1,7,9H2. The first-order valence-corrected chi connectivity index (χ1v) is 6.31. The van der Waals surface area contributed by atoms with Crippen LogP contribution in [0, 0.1) is 0 Å². The van der Waals surface area contributed by atoms with Crippen LogP contribution >= 0.6 is 0 Å². The van der Waals surface area contributed by atoms with Gasteiger partial charge in [-0.2, -0.15) is 13.2 Å². The van der Waals surface area contributed by atoms with E-state index in [1.54, 1.807) is 18.2 Å². The van der Waals surface area contributed by atoms with Crippen LogP contribution in [0.1, 0.15) is 10.4 Å². The van der Waals surface area contributed by atoms with E-state index in [0.717, 1.165) is 6.08 Å². The zero-order valence-corrected chi connectivity index (χ0v) is 11.4. The number of amides is 1. The maximum absolute atomic E-state index is 12.5. The fourth-order valence-electron chi connectivity index (χ4n) is 1.97. The highest BCUT2D eigenvalue weighted by molar-refractivity contribution is 5.96. The number of rotatable bonds is 4. The molecule has 1 heterocycles. The van der Waals surface area contributed by atoms with Gasteiger partial charge in [-0.15, -0.1) is 6.58 Å².